The summed E-state index contributed by atoms with van der Waals surface area (Å²) in [6.07, 6.45) is 0. The molecule has 7 heteroatoms. The minimum atomic E-state index is -0.324. The van der Waals surface area contributed by atoms with Crippen LogP contribution in [0, 0.1) is 13.8 Å². The Morgan fingerprint density at radius 2 is 1.58 bits per heavy atom. The maximum atomic E-state index is 13.4. The summed E-state index contributed by atoms with van der Waals surface area (Å²) >= 11 is 6.27. The Morgan fingerprint density at radius 3 is 2.22 bits per heavy atom. The third-order valence-corrected chi connectivity index (χ3v) is 6.29. The van der Waals surface area contributed by atoms with E-state index in [0.29, 0.717) is 16.4 Å². The van der Waals surface area contributed by atoms with E-state index >= 15 is 0 Å². The lowest BCUT2D eigenvalue weighted by molar-refractivity contribution is -0.117. The average molecular weight is 501 g/mol. The molecule has 184 valence electrons. The van der Waals surface area contributed by atoms with Crippen LogP contribution in [0.25, 0.3) is 16.8 Å². The van der Waals surface area contributed by atoms with Crippen LogP contribution in [0.1, 0.15) is 35.5 Å². The van der Waals surface area contributed by atoms with Crippen LogP contribution < -0.4 is 5.32 Å². The maximum Gasteiger partial charge on any atom is 0.256 e. The molecule has 0 unspecified atom stereocenters. The molecule has 4 aromatic rings. The fourth-order valence-corrected chi connectivity index (χ4v) is 4.29. The number of carbonyl (C=O) groups is 2. The lowest BCUT2D eigenvalue weighted by Crippen LogP contribution is -2.42. The van der Waals surface area contributed by atoms with Gasteiger partial charge in [0.1, 0.15) is 12.4 Å². The molecule has 1 heterocycles. The summed E-state index contributed by atoms with van der Waals surface area (Å²) in [6.45, 7) is 7.56. The van der Waals surface area contributed by atoms with Gasteiger partial charge in [0.15, 0.2) is 0 Å². The third-order valence-electron chi connectivity index (χ3n) is 5.96. The van der Waals surface area contributed by atoms with Crippen LogP contribution in [0.15, 0.2) is 78.9 Å². The zero-order valence-electron chi connectivity index (χ0n) is 20.8. The van der Waals surface area contributed by atoms with Crippen molar-refractivity contribution in [2.45, 2.75) is 33.7 Å². The highest BCUT2D eigenvalue weighted by molar-refractivity contribution is 6.33. The number of nitrogens with one attached hydrogen (secondary N) is 1. The van der Waals surface area contributed by atoms with E-state index in [1.807, 2.05) is 82.3 Å². The zero-order chi connectivity index (χ0) is 25.8. The molecule has 1 N–H and O–H groups in total. The molecule has 4 rings (SSSR count). The predicted molar refractivity (Wildman–Crippen MR) is 145 cm³/mol. The van der Waals surface area contributed by atoms with Crippen LogP contribution in [-0.2, 0) is 4.79 Å². The Morgan fingerprint density at radius 1 is 0.944 bits per heavy atom. The number of hydrogen-bond donors (Lipinski definition) is 1. The van der Waals surface area contributed by atoms with Crippen molar-refractivity contribution in [3.63, 3.8) is 0 Å². The minimum Gasteiger partial charge on any atom is -0.327 e. The molecule has 0 saturated heterocycles. The zero-order valence-corrected chi connectivity index (χ0v) is 21.6. The fraction of sp³-hybridized carbons (Fsp3) is 0.207. The van der Waals surface area contributed by atoms with E-state index in [4.69, 9.17) is 16.7 Å². The van der Waals surface area contributed by atoms with Crippen molar-refractivity contribution < 1.29 is 9.59 Å². The first kappa shape index (κ1) is 25.2. The molecule has 2 amide bonds. The number of aryl methyl sites for hydroxylation is 2. The van der Waals surface area contributed by atoms with Crippen molar-refractivity contribution in [3.8, 4) is 16.8 Å². The van der Waals surface area contributed by atoms with Gasteiger partial charge in [0.25, 0.3) is 5.91 Å². The molecule has 0 radical (unpaired) electrons. The molecule has 0 saturated carbocycles. The lowest BCUT2D eigenvalue weighted by Gasteiger charge is -2.26. The van der Waals surface area contributed by atoms with Gasteiger partial charge in [-0.25, -0.2) is 4.68 Å². The van der Waals surface area contributed by atoms with Crippen molar-refractivity contribution in [3.05, 3.63) is 101 Å². The molecule has 36 heavy (non-hydrogen) atoms. The monoisotopic (exact) mass is 500 g/mol. The van der Waals surface area contributed by atoms with Crippen molar-refractivity contribution in [1.29, 1.82) is 0 Å². The molecular formula is C29H29ClN4O2. The van der Waals surface area contributed by atoms with Gasteiger partial charge in [-0.2, -0.15) is 5.10 Å². The van der Waals surface area contributed by atoms with Crippen molar-refractivity contribution >= 4 is 29.2 Å². The number of rotatable bonds is 7. The fourth-order valence-electron chi connectivity index (χ4n) is 4.07. The molecule has 0 bridgehead atoms. The van der Waals surface area contributed by atoms with Gasteiger partial charge in [0.2, 0.25) is 5.91 Å². The molecule has 6 nitrogen and oxygen atoms in total. The second kappa shape index (κ2) is 10.8. The number of aromatic nitrogens is 2. The van der Waals surface area contributed by atoms with Crippen molar-refractivity contribution in [2.75, 3.05) is 11.9 Å². The number of carbonyl (C=O) groups excluding carboxylic acids is 2. The van der Waals surface area contributed by atoms with Crippen LogP contribution in [0.5, 0.6) is 0 Å². The van der Waals surface area contributed by atoms with Crippen LogP contribution in [0.4, 0.5) is 5.82 Å². The van der Waals surface area contributed by atoms with Crippen molar-refractivity contribution in [2.24, 2.45) is 0 Å². The number of halogens is 1. The molecular weight excluding hydrogens is 472 g/mol. The van der Waals surface area contributed by atoms with Gasteiger partial charge in [0, 0.05) is 11.6 Å². The Hall–Kier alpha value is -3.90. The normalized spacial score (nSPS) is 10.9. The van der Waals surface area contributed by atoms with E-state index in [0.717, 1.165) is 28.1 Å². The van der Waals surface area contributed by atoms with Crippen LogP contribution in [0.3, 0.4) is 0 Å². The Bertz CT molecular complexity index is 1380. The minimum absolute atomic E-state index is 0.131. The second-order valence-corrected chi connectivity index (χ2v) is 9.38. The standard InChI is InChI=1S/C29H29ClN4O2/c1-19(2)33(29(36)24-12-8-9-13-25(24)30)18-26(35)31-28-27(22-10-6-5-7-11-22)21(4)32-34(28)23-16-14-20(3)15-17-23/h5-17,19H,18H2,1-4H3,(H,31,35). The molecule has 0 atom stereocenters. The van der Waals surface area contributed by atoms with Gasteiger partial charge in [-0.15, -0.1) is 0 Å². The summed E-state index contributed by atoms with van der Waals surface area (Å²) in [5.74, 6) is -0.0618. The van der Waals surface area contributed by atoms with E-state index in [1.54, 1.807) is 28.9 Å². The van der Waals surface area contributed by atoms with E-state index in [9.17, 15) is 9.59 Å². The quantitative estimate of drug-likeness (QED) is 0.324. The highest BCUT2D eigenvalue weighted by Gasteiger charge is 2.25. The van der Waals surface area contributed by atoms with Gasteiger partial charge < -0.3 is 10.2 Å². The van der Waals surface area contributed by atoms with Gasteiger partial charge in [-0.1, -0.05) is 71.8 Å². The smallest absolute Gasteiger partial charge is 0.256 e. The van der Waals surface area contributed by atoms with Gasteiger partial charge in [-0.3, -0.25) is 9.59 Å². The molecule has 0 aliphatic rings. The number of anilines is 1. The topological polar surface area (TPSA) is 67.2 Å². The highest BCUT2D eigenvalue weighted by atomic mass is 35.5. The van der Waals surface area contributed by atoms with Gasteiger partial charge in [-0.05, 0) is 57.5 Å². The number of amides is 2. The van der Waals surface area contributed by atoms with E-state index in [-0.39, 0.29) is 24.4 Å². The highest BCUT2D eigenvalue weighted by Crippen LogP contribution is 2.33. The summed E-state index contributed by atoms with van der Waals surface area (Å²) < 4.78 is 1.74. The van der Waals surface area contributed by atoms with E-state index < -0.39 is 0 Å². The number of nitrogens with zero attached hydrogens (tertiary/aromatic N) is 3. The Labute approximate surface area is 216 Å². The first-order chi connectivity index (χ1) is 17.3. The van der Waals surface area contributed by atoms with Crippen molar-refractivity contribution in [1.82, 2.24) is 14.7 Å². The van der Waals surface area contributed by atoms with Crippen LogP contribution in [0.2, 0.25) is 5.02 Å². The van der Waals surface area contributed by atoms with Gasteiger partial charge in [0.05, 0.1) is 22.0 Å². The number of benzene rings is 3. The Balaban J connectivity index is 1.70. The van der Waals surface area contributed by atoms with Crippen LogP contribution in [-0.4, -0.2) is 39.1 Å². The molecule has 0 aliphatic carbocycles. The average Bonchev–Trinajstić information content (AvgIpc) is 3.18. The number of hydrogen-bond acceptors (Lipinski definition) is 3. The first-order valence-corrected chi connectivity index (χ1v) is 12.2. The lowest BCUT2D eigenvalue weighted by atomic mass is 10.1. The molecule has 3 aromatic carbocycles. The summed E-state index contributed by atoms with van der Waals surface area (Å²) in [6, 6.07) is 24.4. The van der Waals surface area contributed by atoms with Crippen LogP contribution >= 0.6 is 11.6 Å². The first-order valence-electron chi connectivity index (χ1n) is 11.8. The second-order valence-electron chi connectivity index (χ2n) is 8.98. The summed E-state index contributed by atoms with van der Waals surface area (Å²) in [5, 5.41) is 8.16. The molecule has 0 spiro atoms. The maximum absolute atomic E-state index is 13.4. The largest absolute Gasteiger partial charge is 0.327 e. The van der Waals surface area contributed by atoms with E-state index in [2.05, 4.69) is 5.32 Å². The Kier molecular flexibility index (Phi) is 7.55. The summed E-state index contributed by atoms with van der Waals surface area (Å²) in [7, 11) is 0. The molecule has 0 fully saturated rings. The SMILES string of the molecule is Cc1ccc(-n2nc(C)c(-c3ccccc3)c2NC(=O)CN(C(=O)c2ccccc2Cl)C(C)C)cc1. The molecule has 1 aromatic heterocycles. The summed E-state index contributed by atoms with van der Waals surface area (Å²) in [4.78, 5) is 28.2. The third kappa shape index (κ3) is 5.34. The summed E-state index contributed by atoms with van der Waals surface area (Å²) in [5.41, 5.74) is 4.88. The van der Waals surface area contributed by atoms with E-state index in [1.165, 1.54) is 4.90 Å². The molecule has 0 aliphatic heterocycles. The van der Waals surface area contributed by atoms with Gasteiger partial charge >= 0.3 is 0 Å². The predicted octanol–water partition coefficient (Wildman–Crippen LogP) is 6.30.